The molecule has 1 fully saturated rings. The Balaban J connectivity index is 1.29. The van der Waals surface area contributed by atoms with Gasteiger partial charge in [-0.15, -0.1) is 11.3 Å². The number of anilines is 1. The van der Waals surface area contributed by atoms with Crippen LogP contribution in [0.2, 0.25) is 0 Å². The molecule has 1 aromatic carbocycles. The molecule has 1 saturated carbocycles. The molecule has 5 atom stereocenters. The van der Waals surface area contributed by atoms with Crippen molar-refractivity contribution in [2.45, 2.75) is 36.5 Å². The van der Waals surface area contributed by atoms with Crippen LogP contribution in [0.15, 0.2) is 40.7 Å². The summed E-state index contributed by atoms with van der Waals surface area (Å²) in [5.41, 5.74) is 0.776. The molecule has 5 rings (SSSR count). The van der Waals surface area contributed by atoms with Gasteiger partial charge in [0.2, 0.25) is 12.7 Å². The quantitative estimate of drug-likeness (QED) is 0.565. The molecule has 3 heterocycles. The van der Waals surface area contributed by atoms with Crippen LogP contribution in [0, 0.1) is 5.92 Å². The third-order valence-electron chi connectivity index (χ3n) is 5.46. The minimum Gasteiger partial charge on any atom is -0.454 e. The molecule has 0 saturated heterocycles. The maximum absolute atomic E-state index is 12.9. The first-order valence-electron chi connectivity index (χ1n) is 9.66. The largest absolute Gasteiger partial charge is 0.454 e. The van der Waals surface area contributed by atoms with Gasteiger partial charge < -0.3 is 30.3 Å². The number of thioether (sulfide) groups is 1. The minimum atomic E-state index is -1.00. The fourth-order valence-corrected chi connectivity index (χ4v) is 5.95. The van der Waals surface area contributed by atoms with Crippen LogP contribution in [-0.2, 0) is 11.3 Å². The molecule has 2 aliphatic heterocycles. The summed E-state index contributed by atoms with van der Waals surface area (Å²) in [5.74, 6) is 0.771. The molecule has 1 aliphatic carbocycles. The Morgan fingerprint density at radius 1 is 1.23 bits per heavy atom. The van der Waals surface area contributed by atoms with E-state index in [0.717, 1.165) is 10.6 Å². The van der Waals surface area contributed by atoms with Gasteiger partial charge in [-0.05, 0) is 30.0 Å². The number of rotatable bonds is 4. The lowest BCUT2D eigenvalue weighted by Crippen LogP contribution is -2.53. The Morgan fingerprint density at radius 2 is 2.10 bits per heavy atom. The Bertz CT molecular complexity index is 967. The molecule has 0 spiro atoms. The molecule has 158 valence electrons. The van der Waals surface area contributed by atoms with Crippen molar-refractivity contribution in [3.63, 3.8) is 0 Å². The molecule has 8 nitrogen and oxygen atoms in total. The van der Waals surface area contributed by atoms with Crippen LogP contribution < -0.4 is 20.1 Å². The van der Waals surface area contributed by atoms with E-state index in [4.69, 9.17) is 9.47 Å². The normalized spacial score (nSPS) is 29.3. The van der Waals surface area contributed by atoms with E-state index in [-0.39, 0.29) is 24.4 Å². The van der Waals surface area contributed by atoms with Crippen molar-refractivity contribution in [2.24, 2.45) is 10.9 Å². The SMILES string of the molecule is O=C(NCc1cccs1)[C@@H]1C[C@@H](O)[C@H](O)[C@H]2N=C(Nc3ccc4c(c3)OCO4)S[C@@H]21. The molecule has 3 aliphatic rings. The lowest BCUT2D eigenvalue weighted by atomic mass is 9.81. The highest BCUT2D eigenvalue weighted by Crippen LogP contribution is 2.42. The van der Waals surface area contributed by atoms with Crippen molar-refractivity contribution in [3.05, 3.63) is 40.6 Å². The van der Waals surface area contributed by atoms with Crippen LogP contribution >= 0.6 is 23.1 Å². The molecule has 10 heteroatoms. The Labute approximate surface area is 181 Å². The zero-order valence-corrected chi connectivity index (χ0v) is 17.5. The van der Waals surface area contributed by atoms with Gasteiger partial charge in [-0.2, -0.15) is 0 Å². The third-order valence-corrected chi connectivity index (χ3v) is 7.65. The second-order valence-electron chi connectivity index (χ2n) is 7.40. The van der Waals surface area contributed by atoms with Crippen LogP contribution in [0.5, 0.6) is 11.5 Å². The summed E-state index contributed by atoms with van der Waals surface area (Å²) in [4.78, 5) is 18.5. The topological polar surface area (TPSA) is 112 Å². The maximum Gasteiger partial charge on any atom is 0.231 e. The number of nitrogens with one attached hydrogen (secondary N) is 2. The van der Waals surface area contributed by atoms with E-state index < -0.39 is 24.2 Å². The lowest BCUT2D eigenvalue weighted by Gasteiger charge is -2.37. The van der Waals surface area contributed by atoms with Gasteiger partial charge in [0.25, 0.3) is 0 Å². The van der Waals surface area contributed by atoms with Crippen molar-refractivity contribution in [1.82, 2.24) is 5.32 Å². The Morgan fingerprint density at radius 3 is 2.93 bits per heavy atom. The highest BCUT2D eigenvalue weighted by atomic mass is 32.2. The van der Waals surface area contributed by atoms with Crippen molar-refractivity contribution in [3.8, 4) is 11.5 Å². The number of amidine groups is 1. The molecule has 1 amide bonds. The predicted molar refractivity (Wildman–Crippen MR) is 115 cm³/mol. The molecule has 4 N–H and O–H groups in total. The first kappa shape index (κ1) is 19.7. The number of fused-ring (bicyclic) bond motifs is 2. The molecule has 0 unspecified atom stereocenters. The van der Waals surface area contributed by atoms with Gasteiger partial charge in [-0.1, -0.05) is 17.8 Å². The molecule has 0 bridgehead atoms. The third kappa shape index (κ3) is 3.76. The van der Waals surface area contributed by atoms with Gasteiger partial charge in [-0.3, -0.25) is 9.79 Å². The molecule has 1 aromatic heterocycles. The van der Waals surface area contributed by atoms with Crippen molar-refractivity contribution >= 4 is 39.9 Å². The number of carbonyl (C=O) groups is 1. The van der Waals surface area contributed by atoms with E-state index in [2.05, 4.69) is 15.6 Å². The summed E-state index contributed by atoms with van der Waals surface area (Å²) in [6.07, 6.45) is -1.78. The van der Waals surface area contributed by atoms with Crippen LogP contribution in [0.3, 0.4) is 0 Å². The highest BCUT2D eigenvalue weighted by molar-refractivity contribution is 8.15. The van der Waals surface area contributed by atoms with Gasteiger partial charge in [0.05, 0.1) is 24.6 Å². The maximum atomic E-state index is 12.9. The number of aliphatic imine (C=N–C) groups is 1. The number of carbonyl (C=O) groups excluding carboxylic acids is 1. The van der Waals surface area contributed by atoms with Crippen LogP contribution in [0.25, 0.3) is 0 Å². The minimum absolute atomic E-state index is 0.128. The number of hydrogen-bond donors (Lipinski definition) is 4. The zero-order valence-electron chi connectivity index (χ0n) is 15.9. The number of aliphatic hydroxyl groups is 2. The average Bonchev–Trinajstić information content (AvgIpc) is 3.49. The van der Waals surface area contributed by atoms with Crippen LogP contribution in [-0.4, -0.2) is 51.6 Å². The molecule has 2 aromatic rings. The smallest absolute Gasteiger partial charge is 0.231 e. The van der Waals surface area contributed by atoms with E-state index in [1.807, 2.05) is 35.7 Å². The molecule has 30 heavy (non-hydrogen) atoms. The summed E-state index contributed by atoms with van der Waals surface area (Å²) in [7, 11) is 0. The standard InChI is InChI=1S/C20H21N3O5S2/c24-13-7-12(19(26)21-8-11-2-1-5-29-11)18-16(17(13)25)23-20(30-18)22-10-3-4-14-15(6-10)28-9-27-14/h1-6,12-13,16-18,24-25H,7-9H2,(H,21,26)(H,22,23)/t12-,13-,16-,17+,18-/m1/s1. The van der Waals surface area contributed by atoms with E-state index in [1.165, 1.54) is 11.8 Å². The fourth-order valence-electron chi connectivity index (χ4n) is 3.92. The van der Waals surface area contributed by atoms with Gasteiger partial charge in [0.15, 0.2) is 16.7 Å². The first-order valence-corrected chi connectivity index (χ1v) is 11.4. The summed E-state index contributed by atoms with van der Waals surface area (Å²) >= 11 is 3.01. The molecular formula is C20H21N3O5S2. The monoisotopic (exact) mass is 447 g/mol. The summed E-state index contributed by atoms with van der Waals surface area (Å²) < 4.78 is 10.7. The van der Waals surface area contributed by atoms with Gasteiger partial charge in [0, 0.05) is 21.9 Å². The van der Waals surface area contributed by atoms with Crippen molar-refractivity contribution < 1.29 is 24.5 Å². The van der Waals surface area contributed by atoms with Gasteiger partial charge in [-0.25, -0.2) is 0 Å². The van der Waals surface area contributed by atoms with E-state index in [0.29, 0.717) is 23.2 Å². The summed E-state index contributed by atoms with van der Waals surface area (Å²) in [6, 6.07) is 8.86. The van der Waals surface area contributed by atoms with Crippen LogP contribution in [0.4, 0.5) is 5.69 Å². The second kappa shape index (κ2) is 8.10. The van der Waals surface area contributed by atoms with E-state index >= 15 is 0 Å². The molecule has 0 radical (unpaired) electrons. The van der Waals surface area contributed by atoms with Crippen LogP contribution in [0.1, 0.15) is 11.3 Å². The second-order valence-corrected chi connectivity index (χ2v) is 9.60. The van der Waals surface area contributed by atoms with Gasteiger partial charge in [0.1, 0.15) is 6.10 Å². The Kier molecular flexibility index (Phi) is 5.32. The number of amides is 1. The number of hydrogen-bond acceptors (Lipinski definition) is 9. The predicted octanol–water partition coefficient (Wildman–Crippen LogP) is 1.79. The Hall–Kier alpha value is -2.27. The number of benzene rings is 1. The number of thiophene rings is 1. The first-order chi connectivity index (χ1) is 14.6. The number of ether oxygens (including phenoxy) is 2. The summed E-state index contributed by atoms with van der Waals surface area (Å²) in [5, 5.41) is 29.3. The summed E-state index contributed by atoms with van der Waals surface area (Å²) in [6.45, 7) is 0.655. The highest BCUT2D eigenvalue weighted by Gasteiger charge is 2.50. The lowest BCUT2D eigenvalue weighted by molar-refractivity contribution is -0.129. The van der Waals surface area contributed by atoms with E-state index in [1.54, 1.807) is 11.3 Å². The van der Waals surface area contributed by atoms with Gasteiger partial charge >= 0.3 is 0 Å². The average molecular weight is 448 g/mol. The number of nitrogens with zero attached hydrogens (tertiary/aromatic N) is 1. The van der Waals surface area contributed by atoms with Crippen molar-refractivity contribution in [1.29, 1.82) is 0 Å². The fraction of sp³-hybridized carbons (Fsp3) is 0.400. The molecular weight excluding hydrogens is 426 g/mol. The number of aliphatic hydroxyl groups excluding tert-OH is 2. The zero-order chi connectivity index (χ0) is 20.7. The van der Waals surface area contributed by atoms with Crippen molar-refractivity contribution in [2.75, 3.05) is 12.1 Å². The van der Waals surface area contributed by atoms with E-state index in [9.17, 15) is 15.0 Å².